The lowest BCUT2D eigenvalue weighted by atomic mass is 10.2. The van der Waals surface area contributed by atoms with Crippen LogP contribution in [0, 0.1) is 6.92 Å². The van der Waals surface area contributed by atoms with Crippen LogP contribution in [0.2, 0.25) is 5.02 Å². The lowest BCUT2D eigenvalue weighted by molar-refractivity contribution is 0.0696. The molecule has 6 nitrogen and oxygen atoms in total. The molecular formula is C13H11ClN2O4S. The number of sulfonamides is 1. The highest BCUT2D eigenvalue weighted by atomic mass is 35.5. The van der Waals surface area contributed by atoms with Crippen LogP contribution in [0.3, 0.4) is 0 Å². The van der Waals surface area contributed by atoms with Gasteiger partial charge in [-0.15, -0.1) is 0 Å². The van der Waals surface area contributed by atoms with E-state index >= 15 is 0 Å². The number of benzene rings is 1. The molecule has 0 bridgehead atoms. The number of aromatic nitrogens is 1. The SMILES string of the molecule is Cc1ccc(NS(=O)(=O)c2cc(C(=O)O)ccc2Cl)cn1. The number of halogens is 1. The van der Waals surface area contributed by atoms with Gasteiger partial charge in [0, 0.05) is 5.69 Å². The molecular weight excluding hydrogens is 316 g/mol. The molecule has 0 aliphatic heterocycles. The third-order valence-electron chi connectivity index (χ3n) is 2.63. The van der Waals surface area contributed by atoms with E-state index in [0.717, 1.165) is 11.8 Å². The summed E-state index contributed by atoms with van der Waals surface area (Å²) in [6.45, 7) is 1.77. The molecule has 0 unspecified atom stereocenters. The standard InChI is InChI=1S/C13H11ClN2O4S/c1-8-2-4-10(7-15-8)16-21(19,20)12-6-9(13(17)18)3-5-11(12)14/h2-7,16H,1H3,(H,17,18). The maximum absolute atomic E-state index is 12.3. The molecule has 0 spiro atoms. The second-order valence-corrected chi connectivity index (χ2v) is 6.30. The summed E-state index contributed by atoms with van der Waals surface area (Å²) < 4.78 is 26.8. The number of hydrogen-bond acceptors (Lipinski definition) is 4. The molecule has 0 amide bonds. The molecule has 0 fully saturated rings. The van der Waals surface area contributed by atoms with Crippen molar-refractivity contribution in [1.82, 2.24) is 4.98 Å². The number of nitrogens with zero attached hydrogens (tertiary/aromatic N) is 1. The number of hydrogen-bond donors (Lipinski definition) is 2. The van der Waals surface area contributed by atoms with E-state index in [0.29, 0.717) is 0 Å². The quantitative estimate of drug-likeness (QED) is 0.900. The van der Waals surface area contributed by atoms with Crippen LogP contribution in [0.15, 0.2) is 41.4 Å². The minimum atomic E-state index is -4.00. The van der Waals surface area contributed by atoms with E-state index < -0.39 is 16.0 Å². The van der Waals surface area contributed by atoms with Crippen LogP contribution in [0.5, 0.6) is 0 Å². The Hall–Kier alpha value is -2.12. The van der Waals surface area contributed by atoms with Crippen molar-refractivity contribution >= 4 is 33.3 Å². The number of carboxylic acid groups (broad SMARTS) is 1. The van der Waals surface area contributed by atoms with Crippen molar-refractivity contribution in [3.63, 3.8) is 0 Å². The van der Waals surface area contributed by atoms with Gasteiger partial charge in [0.25, 0.3) is 10.0 Å². The summed E-state index contributed by atoms with van der Waals surface area (Å²) in [7, 11) is -4.00. The predicted octanol–water partition coefficient (Wildman–Crippen LogP) is 2.54. The maximum atomic E-state index is 12.3. The van der Waals surface area contributed by atoms with Gasteiger partial charge >= 0.3 is 5.97 Å². The van der Waals surface area contributed by atoms with Gasteiger partial charge in [-0.3, -0.25) is 9.71 Å². The third-order valence-corrected chi connectivity index (χ3v) is 4.49. The lowest BCUT2D eigenvalue weighted by Crippen LogP contribution is -2.14. The largest absolute Gasteiger partial charge is 0.478 e. The molecule has 1 aromatic carbocycles. The van der Waals surface area contributed by atoms with E-state index in [4.69, 9.17) is 16.7 Å². The molecule has 2 N–H and O–H groups in total. The zero-order valence-electron chi connectivity index (χ0n) is 10.9. The van der Waals surface area contributed by atoms with Gasteiger partial charge in [0.15, 0.2) is 0 Å². The van der Waals surface area contributed by atoms with E-state index in [2.05, 4.69) is 9.71 Å². The lowest BCUT2D eigenvalue weighted by Gasteiger charge is -2.10. The highest BCUT2D eigenvalue weighted by Gasteiger charge is 2.20. The number of nitrogens with one attached hydrogen (secondary N) is 1. The Morgan fingerprint density at radius 3 is 2.57 bits per heavy atom. The van der Waals surface area contributed by atoms with Gasteiger partial charge in [0.05, 0.1) is 22.5 Å². The van der Waals surface area contributed by atoms with Crippen LogP contribution in [-0.4, -0.2) is 24.5 Å². The van der Waals surface area contributed by atoms with E-state index in [1.807, 2.05) is 0 Å². The summed E-state index contributed by atoms with van der Waals surface area (Å²) in [4.78, 5) is 14.6. The van der Waals surface area contributed by atoms with Gasteiger partial charge in [-0.25, -0.2) is 13.2 Å². The van der Waals surface area contributed by atoms with Crippen molar-refractivity contribution in [2.75, 3.05) is 4.72 Å². The summed E-state index contributed by atoms with van der Waals surface area (Å²) in [6.07, 6.45) is 1.36. The van der Waals surface area contributed by atoms with Gasteiger partial charge in [-0.05, 0) is 37.3 Å². The van der Waals surface area contributed by atoms with E-state index in [-0.39, 0.29) is 21.2 Å². The molecule has 0 radical (unpaired) electrons. The molecule has 1 aromatic heterocycles. The van der Waals surface area contributed by atoms with Gasteiger partial charge in [-0.1, -0.05) is 11.6 Å². The average Bonchev–Trinajstić information content (AvgIpc) is 2.41. The number of pyridine rings is 1. The molecule has 0 saturated carbocycles. The van der Waals surface area contributed by atoms with Gasteiger partial charge < -0.3 is 5.11 Å². The van der Waals surface area contributed by atoms with Crippen LogP contribution in [0.1, 0.15) is 16.1 Å². The summed E-state index contributed by atoms with van der Waals surface area (Å²) in [5.41, 5.74) is 0.836. The zero-order valence-corrected chi connectivity index (χ0v) is 12.4. The van der Waals surface area contributed by atoms with Gasteiger partial charge in [-0.2, -0.15) is 0 Å². The summed E-state index contributed by atoms with van der Waals surface area (Å²) >= 11 is 5.85. The normalized spacial score (nSPS) is 11.1. The summed E-state index contributed by atoms with van der Waals surface area (Å²) in [5, 5.41) is 8.86. The maximum Gasteiger partial charge on any atom is 0.335 e. The number of rotatable bonds is 4. The Morgan fingerprint density at radius 1 is 1.29 bits per heavy atom. The summed E-state index contributed by atoms with van der Waals surface area (Å²) in [6, 6.07) is 6.67. The van der Waals surface area contributed by atoms with Crippen molar-refractivity contribution in [2.45, 2.75) is 11.8 Å². The molecule has 21 heavy (non-hydrogen) atoms. The van der Waals surface area contributed by atoms with E-state index in [1.54, 1.807) is 19.1 Å². The third kappa shape index (κ3) is 3.50. The molecule has 110 valence electrons. The Kier molecular flexibility index (Phi) is 4.15. The number of anilines is 1. The van der Waals surface area contributed by atoms with Crippen molar-refractivity contribution in [3.05, 3.63) is 52.8 Å². The fourth-order valence-corrected chi connectivity index (χ4v) is 3.15. The monoisotopic (exact) mass is 326 g/mol. The van der Waals surface area contributed by atoms with Crippen LogP contribution in [0.25, 0.3) is 0 Å². The Bertz CT molecular complexity index is 788. The number of aryl methyl sites for hydroxylation is 1. The molecule has 2 rings (SSSR count). The fraction of sp³-hybridized carbons (Fsp3) is 0.0769. The van der Waals surface area contributed by atoms with Crippen LogP contribution in [0.4, 0.5) is 5.69 Å². The number of carboxylic acids is 1. The van der Waals surface area contributed by atoms with Crippen LogP contribution in [-0.2, 0) is 10.0 Å². The molecule has 1 heterocycles. The molecule has 2 aromatic rings. The summed E-state index contributed by atoms with van der Waals surface area (Å²) in [5.74, 6) is -1.24. The van der Waals surface area contributed by atoms with Crippen molar-refractivity contribution < 1.29 is 18.3 Å². The van der Waals surface area contributed by atoms with Crippen molar-refractivity contribution in [2.24, 2.45) is 0 Å². The average molecular weight is 327 g/mol. The molecule has 0 aliphatic carbocycles. The van der Waals surface area contributed by atoms with E-state index in [1.165, 1.54) is 18.3 Å². The van der Waals surface area contributed by atoms with Gasteiger partial charge in [0.2, 0.25) is 0 Å². The number of carbonyl (C=O) groups is 1. The first-order valence-corrected chi connectivity index (χ1v) is 7.64. The zero-order chi connectivity index (χ0) is 15.6. The topological polar surface area (TPSA) is 96.4 Å². The van der Waals surface area contributed by atoms with Crippen LogP contribution >= 0.6 is 11.6 Å². The minimum Gasteiger partial charge on any atom is -0.478 e. The first kappa shape index (κ1) is 15.3. The second kappa shape index (κ2) is 5.71. The predicted molar refractivity (Wildman–Crippen MR) is 78.2 cm³/mol. The Labute approximate surface area is 126 Å². The molecule has 0 aliphatic rings. The highest BCUT2D eigenvalue weighted by molar-refractivity contribution is 7.92. The molecule has 8 heteroatoms. The second-order valence-electron chi connectivity index (χ2n) is 4.24. The fourth-order valence-electron chi connectivity index (χ4n) is 1.58. The smallest absolute Gasteiger partial charge is 0.335 e. The highest BCUT2D eigenvalue weighted by Crippen LogP contribution is 2.25. The minimum absolute atomic E-state index is 0.0624. The Balaban J connectivity index is 2.41. The van der Waals surface area contributed by atoms with Gasteiger partial charge in [0.1, 0.15) is 4.90 Å². The van der Waals surface area contributed by atoms with E-state index in [9.17, 15) is 13.2 Å². The van der Waals surface area contributed by atoms with Crippen molar-refractivity contribution in [1.29, 1.82) is 0 Å². The molecule has 0 atom stereocenters. The Morgan fingerprint density at radius 2 is 2.00 bits per heavy atom. The first-order chi connectivity index (χ1) is 9.79. The molecule has 0 saturated heterocycles. The number of aromatic carboxylic acids is 1. The van der Waals surface area contributed by atoms with Crippen molar-refractivity contribution in [3.8, 4) is 0 Å². The first-order valence-electron chi connectivity index (χ1n) is 5.78. The van der Waals surface area contributed by atoms with Crippen LogP contribution < -0.4 is 4.72 Å².